The zero-order valence-electron chi connectivity index (χ0n) is 9.51. The van der Waals surface area contributed by atoms with Crippen LogP contribution in [0.1, 0.15) is 23.1 Å². The van der Waals surface area contributed by atoms with Gasteiger partial charge in [0.15, 0.2) is 0 Å². The smallest absolute Gasteiger partial charge is 0.0635 e. The molecular formula is C13H18N2. The fourth-order valence-corrected chi connectivity index (χ4v) is 1.62. The summed E-state index contributed by atoms with van der Waals surface area (Å²) in [6.45, 7) is 6.01. The highest BCUT2D eigenvalue weighted by Crippen LogP contribution is 2.10. The maximum Gasteiger partial charge on any atom is 0.0635 e. The highest BCUT2D eigenvalue weighted by molar-refractivity contribution is 5.30. The van der Waals surface area contributed by atoms with Crippen LogP contribution in [0, 0.1) is 25.2 Å². The molecule has 0 heterocycles. The number of hydrogen-bond donors (Lipinski definition) is 1. The van der Waals surface area contributed by atoms with Gasteiger partial charge in [-0.2, -0.15) is 5.26 Å². The standard InChI is InChI=1S/C13H18N2/c1-11-4-5-13(12(2)10-11)6-9-15-8-3-7-14/h4-5,10,15H,3,6,8-9H2,1-2H3. The number of hydrogen-bond acceptors (Lipinski definition) is 2. The Labute approximate surface area is 91.9 Å². The largest absolute Gasteiger partial charge is 0.315 e. The highest BCUT2D eigenvalue weighted by atomic mass is 14.8. The molecule has 0 aliphatic heterocycles. The Hall–Kier alpha value is -1.33. The Morgan fingerprint density at radius 2 is 2.07 bits per heavy atom. The first-order valence-corrected chi connectivity index (χ1v) is 5.38. The maximum atomic E-state index is 8.37. The van der Waals surface area contributed by atoms with Gasteiger partial charge in [0.25, 0.3) is 0 Å². The summed E-state index contributed by atoms with van der Waals surface area (Å²) in [6, 6.07) is 8.68. The SMILES string of the molecule is Cc1ccc(CCNCCC#N)c(C)c1. The predicted octanol–water partition coefficient (Wildman–Crippen LogP) is 2.35. The molecule has 0 saturated carbocycles. The van der Waals surface area contributed by atoms with E-state index < -0.39 is 0 Å². The summed E-state index contributed by atoms with van der Waals surface area (Å²) >= 11 is 0. The van der Waals surface area contributed by atoms with E-state index in [1.807, 2.05) is 0 Å². The Morgan fingerprint density at radius 3 is 2.73 bits per heavy atom. The Kier molecular flexibility index (Phi) is 4.86. The minimum atomic E-state index is 0.590. The van der Waals surface area contributed by atoms with Crippen LogP contribution in [0.2, 0.25) is 0 Å². The monoisotopic (exact) mass is 202 g/mol. The molecule has 1 rings (SSSR count). The van der Waals surface area contributed by atoms with Crippen molar-refractivity contribution in [1.82, 2.24) is 5.32 Å². The van der Waals surface area contributed by atoms with Crippen LogP contribution < -0.4 is 5.32 Å². The van der Waals surface area contributed by atoms with Crippen molar-refractivity contribution < 1.29 is 0 Å². The topological polar surface area (TPSA) is 35.8 Å². The second-order valence-electron chi connectivity index (χ2n) is 3.84. The van der Waals surface area contributed by atoms with Crippen molar-refractivity contribution >= 4 is 0 Å². The molecule has 1 aromatic rings. The summed E-state index contributed by atoms with van der Waals surface area (Å²) in [4.78, 5) is 0. The van der Waals surface area contributed by atoms with Crippen molar-refractivity contribution in [2.24, 2.45) is 0 Å². The third kappa shape index (κ3) is 4.14. The van der Waals surface area contributed by atoms with Gasteiger partial charge in [0.2, 0.25) is 0 Å². The summed E-state index contributed by atoms with van der Waals surface area (Å²) in [7, 11) is 0. The van der Waals surface area contributed by atoms with E-state index in [9.17, 15) is 0 Å². The highest BCUT2D eigenvalue weighted by Gasteiger charge is 1.97. The van der Waals surface area contributed by atoms with Gasteiger partial charge in [-0.25, -0.2) is 0 Å². The quantitative estimate of drug-likeness (QED) is 0.744. The summed E-state index contributed by atoms with van der Waals surface area (Å²) in [5.41, 5.74) is 4.07. The average Bonchev–Trinajstić information content (AvgIpc) is 2.20. The van der Waals surface area contributed by atoms with E-state index in [0.29, 0.717) is 6.42 Å². The normalized spacial score (nSPS) is 9.93. The molecule has 0 aliphatic carbocycles. The van der Waals surface area contributed by atoms with Gasteiger partial charge in [-0.15, -0.1) is 0 Å². The minimum absolute atomic E-state index is 0.590. The minimum Gasteiger partial charge on any atom is -0.315 e. The summed E-state index contributed by atoms with van der Waals surface area (Å²) < 4.78 is 0. The number of rotatable bonds is 5. The fraction of sp³-hybridized carbons (Fsp3) is 0.462. The Bertz CT molecular complexity index is 350. The Balaban J connectivity index is 2.35. The van der Waals surface area contributed by atoms with Gasteiger partial charge < -0.3 is 5.32 Å². The lowest BCUT2D eigenvalue weighted by Gasteiger charge is -2.07. The maximum absolute atomic E-state index is 8.37. The van der Waals surface area contributed by atoms with E-state index >= 15 is 0 Å². The van der Waals surface area contributed by atoms with Gasteiger partial charge >= 0.3 is 0 Å². The molecule has 0 atom stereocenters. The van der Waals surface area contributed by atoms with E-state index in [2.05, 4.69) is 43.4 Å². The van der Waals surface area contributed by atoms with E-state index in [-0.39, 0.29) is 0 Å². The second kappa shape index (κ2) is 6.21. The van der Waals surface area contributed by atoms with Crippen molar-refractivity contribution in [3.8, 4) is 6.07 Å². The number of aryl methyl sites for hydroxylation is 2. The molecule has 0 spiro atoms. The third-order valence-electron chi connectivity index (χ3n) is 2.48. The second-order valence-corrected chi connectivity index (χ2v) is 3.84. The van der Waals surface area contributed by atoms with Crippen molar-refractivity contribution in [3.63, 3.8) is 0 Å². The van der Waals surface area contributed by atoms with Crippen molar-refractivity contribution in [3.05, 3.63) is 34.9 Å². The van der Waals surface area contributed by atoms with Gasteiger partial charge in [-0.05, 0) is 37.9 Å². The molecule has 0 aromatic heterocycles. The van der Waals surface area contributed by atoms with Crippen LogP contribution in [-0.4, -0.2) is 13.1 Å². The van der Waals surface area contributed by atoms with Crippen LogP contribution in [0.5, 0.6) is 0 Å². The van der Waals surface area contributed by atoms with Crippen LogP contribution in [0.15, 0.2) is 18.2 Å². The summed E-state index contributed by atoms with van der Waals surface area (Å²) in [5, 5.41) is 11.6. The molecule has 0 fully saturated rings. The molecule has 0 bridgehead atoms. The predicted molar refractivity (Wildman–Crippen MR) is 62.7 cm³/mol. The molecule has 2 heteroatoms. The van der Waals surface area contributed by atoms with Gasteiger partial charge in [-0.1, -0.05) is 23.8 Å². The molecule has 15 heavy (non-hydrogen) atoms. The number of nitriles is 1. The van der Waals surface area contributed by atoms with E-state index in [1.54, 1.807) is 0 Å². The zero-order valence-corrected chi connectivity index (χ0v) is 9.51. The first-order valence-electron chi connectivity index (χ1n) is 5.38. The molecule has 1 aromatic carbocycles. The van der Waals surface area contributed by atoms with Crippen LogP contribution in [0.3, 0.4) is 0 Å². The van der Waals surface area contributed by atoms with Crippen LogP contribution in [0.25, 0.3) is 0 Å². The van der Waals surface area contributed by atoms with E-state index in [1.165, 1.54) is 16.7 Å². The zero-order chi connectivity index (χ0) is 11.1. The number of nitrogens with zero attached hydrogens (tertiary/aromatic N) is 1. The van der Waals surface area contributed by atoms with Crippen molar-refractivity contribution in [2.45, 2.75) is 26.7 Å². The molecule has 0 unspecified atom stereocenters. The lowest BCUT2D eigenvalue weighted by atomic mass is 10.0. The first-order chi connectivity index (χ1) is 7.24. The molecule has 80 valence electrons. The lowest BCUT2D eigenvalue weighted by molar-refractivity contribution is 0.691. The molecule has 0 saturated heterocycles. The summed E-state index contributed by atoms with van der Waals surface area (Å²) in [5.74, 6) is 0. The molecule has 0 amide bonds. The molecular weight excluding hydrogens is 184 g/mol. The van der Waals surface area contributed by atoms with Crippen molar-refractivity contribution in [1.29, 1.82) is 5.26 Å². The number of benzene rings is 1. The average molecular weight is 202 g/mol. The molecule has 0 radical (unpaired) electrons. The first kappa shape index (κ1) is 11.7. The van der Waals surface area contributed by atoms with E-state index in [4.69, 9.17) is 5.26 Å². The third-order valence-corrected chi connectivity index (χ3v) is 2.48. The number of nitrogens with one attached hydrogen (secondary N) is 1. The summed E-state index contributed by atoms with van der Waals surface area (Å²) in [6.07, 6.45) is 1.63. The lowest BCUT2D eigenvalue weighted by Crippen LogP contribution is -2.18. The molecule has 2 nitrogen and oxygen atoms in total. The van der Waals surface area contributed by atoms with Gasteiger partial charge in [0.05, 0.1) is 6.07 Å². The fourth-order valence-electron chi connectivity index (χ4n) is 1.62. The van der Waals surface area contributed by atoms with Crippen LogP contribution in [0.4, 0.5) is 0 Å². The Morgan fingerprint density at radius 1 is 1.27 bits per heavy atom. The van der Waals surface area contributed by atoms with Gasteiger partial charge in [0.1, 0.15) is 0 Å². The molecule has 1 N–H and O–H groups in total. The van der Waals surface area contributed by atoms with Crippen LogP contribution in [-0.2, 0) is 6.42 Å². The van der Waals surface area contributed by atoms with E-state index in [0.717, 1.165) is 19.5 Å². The van der Waals surface area contributed by atoms with Gasteiger partial charge in [0, 0.05) is 13.0 Å². The van der Waals surface area contributed by atoms with Crippen molar-refractivity contribution in [2.75, 3.05) is 13.1 Å². The van der Waals surface area contributed by atoms with Gasteiger partial charge in [-0.3, -0.25) is 0 Å². The molecule has 0 aliphatic rings. The van der Waals surface area contributed by atoms with Crippen LogP contribution >= 0.6 is 0 Å².